The highest BCUT2D eigenvalue weighted by atomic mass is 16.7. The number of anilines is 1. The molecule has 0 N–H and O–H groups in total. The smallest absolute Gasteiger partial charge is 0.496 e. The highest BCUT2D eigenvalue weighted by Gasteiger charge is 2.39. The molecule has 0 saturated carbocycles. The summed E-state index contributed by atoms with van der Waals surface area (Å²) >= 11 is 0. The molecule has 11 heteroatoms. The van der Waals surface area contributed by atoms with E-state index in [0.717, 1.165) is 12.2 Å². The number of benzene rings is 2. The number of ether oxygens (including phenoxy) is 5. The Morgan fingerprint density at radius 1 is 0.829 bits per heavy atom. The Labute approximate surface area is 200 Å². The number of carbonyl (C=O) groups excluding carboxylic acids is 5. The molecule has 0 bridgehead atoms. The summed E-state index contributed by atoms with van der Waals surface area (Å²) < 4.78 is 25.8. The van der Waals surface area contributed by atoms with Gasteiger partial charge < -0.3 is 23.7 Å². The maximum atomic E-state index is 13.1. The lowest BCUT2D eigenvalue weighted by Gasteiger charge is -2.27. The molecule has 1 aliphatic carbocycles. The second-order valence-electron chi connectivity index (χ2n) is 6.89. The van der Waals surface area contributed by atoms with Gasteiger partial charge in [0.2, 0.25) is 0 Å². The molecule has 35 heavy (non-hydrogen) atoms. The lowest BCUT2D eigenvalue weighted by atomic mass is 9.87. The van der Waals surface area contributed by atoms with Crippen LogP contribution < -0.4 is 14.4 Å². The Kier molecular flexibility index (Phi) is 7.69. The van der Waals surface area contributed by atoms with Crippen LogP contribution in [-0.4, -0.2) is 56.8 Å². The summed E-state index contributed by atoms with van der Waals surface area (Å²) in [5.41, 5.74) is -1.00. The average molecular weight is 485 g/mol. The summed E-state index contributed by atoms with van der Waals surface area (Å²) in [6.07, 6.45) is -1.42. The van der Waals surface area contributed by atoms with E-state index in [0.29, 0.717) is 4.90 Å². The molecule has 11 nitrogen and oxygen atoms in total. The summed E-state index contributed by atoms with van der Waals surface area (Å²) in [6.45, 7) is 4.43. The van der Waals surface area contributed by atoms with E-state index in [1.165, 1.54) is 33.1 Å². The van der Waals surface area contributed by atoms with Crippen molar-refractivity contribution in [1.82, 2.24) is 0 Å². The molecule has 0 aliphatic heterocycles. The van der Waals surface area contributed by atoms with Crippen molar-refractivity contribution in [2.75, 3.05) is 31.8 Å². The van der Waals surface area contributed by atoms with Crippen molar-refractivity contribution in [3.05, 3.63) is 41.5 Å². The molecule has 3 rings (SSSR count). The number of hydrogen-bond acceptors (Lipinski definition) is 10. The molecule has 2 aromatic rings. The second kappa shape index (κ2) is 10.7. The van der Waals surface area contributed by atoms with Crippen LogP contribution in [0.3, 0.4) is 0 Å². The van der Waals surface area contributed by atoms with Crippen LogP contribution in [0.5, 0.6) is 11.5 Å². The number of rotatable bonds is 6. The first-order valence-corrected chi connectivity index (χ1v) is 10.7. The van der Waals surface area contributed by atoms with E-state index >= 15 is 0 Å². The number of amides is 2. The minimum Gasteiger partial charge on any atom is -0.496 e. The van der Waals surface area contributed by atoms with Crippen LogP contribution in [0.15, 0.2) is 30.4 Å². The third-order valence-electron chi connectivity index (χ3n) is 4.89. The molecule has 0 fully saturated rings. The molecule has 0 spiro atoms. The zero-order chi connectivity index (χ0) is 25.7. The van der Waals surface area contributed by atoms with E-state index in [1.54, 1.807) is 13.0 Å². The quantitative estimate of drug-likeness (QED) is 0.328. The number of imide groups is 1. The summed E-state index contributed by atoms with van der Waals surface area (Å²) in [4.78, 5) is 64.8. The molecular weight excluding hydrogens is 462 g/mol. The van der Waals surface area contributed by atoms with Gasteiger partial charge in [-0.05, 0) is 39.0 Å². The molecule has 0 radical (unpaired) electrons. The van der Waals surface area contributed by atoms with Crippen LogP contribution >= 0.6 is 0 Å². The van der Waals surface area contributed by atoms with Crippen molar-refractivity contribution in [1.29, 1.82) is 0 Å². The Morgan fingerprint density at radius 3 is 1.94 bits per heavy atom. The molecule has 0 aromatic heterocycles. The minimum absolute atomic E-state index is 0.00731. The highest BCUT2D eigenvalue weighted by molar-refractivity contribution is 6.32. The highest BCUT2D eigenvalue weighted by Crippen LogP contribution is 2.47. The Morgan fingerprint density at radius 2 is 1.40 bits per heavy atom. The monoisotopic (exact) mass is 485 g/mol. The summed E-state index contributed by atoms with van der Waals surface area (Å²) in [5.74, 6) is -1.60. The van der Waals surface area contributed by atoms with E-state index in [1.807, 2.05) is 0 Å². The van der Waals surface area contributed by atoms with Gasteiger partial charge in [-0.1, -0.05) is 12.1 Å². The van der Waals surface area contributed by atoms with Gasteiger partial charge in [0.15, 0.2) is 17.3 Å². The number of hydrogen-bond donors (Lipinski definition) is 0. The summed E-state index contributed by atoms with van der Waals surface area (Å²) in [6, 6.07) is 4.52. The number of allylic oxidation sites excluding steroid dienone is 2. The Bertz CT molecular complexity index is 1230. The van der Waals surface area contributed by atoms with E-state index in [2.05, 4.69) is 0 Å². The largest absolute Gasteiger partial charge is 0.513 e. The predicted molar refractivity (Wildman–Crippen MR) is 122 cm³/mol. The van der Waals surface area contributed by atoms with Gasteiger partial charge in [0.25, 0.3) is 0 Å². The lowest BCUT2D eigenvalue weighted by molar-refractivity contribution is 0.0971. The fraction of sp³-hybridized carbons (Fsp3) is 0.292. The topological polar surface area (TPSA) is 135 Å². The first-order chi connectivity index (χ1) is 16.8. The fourth-order valence-electron chi connectivity index (χ4n) is 3.61. The lowest BCUT2D eigenvalue weighted by Crippen LogP contribution is -2.39. The van der Waals surface area contributed by atoms with Crippen LogP contribution in [0, 0.1) is 0 Å². The van der Waals surface area contributed by atoms with Gasteiger partial charge in [0.1, 0.15) is 5.75 Å². The molecule has 2 aromatic carbocycles. The van der Waals surface area contributed by atoms with Gasteiger partial charge in [-0.25, -0.2) is 14.4 Å². The number of ketones is 2. The van der Waals surface area contributed by atoms with Crippen molar-refractivity contribution in [3.63, 3.8) is 0 Å². The van der Waals surface area contributed by atoms with Gasteiger partial charge >= 0.3 is 18.3 Å². The van der Waals surface area contributed by atoms with Gasteiger partial charge in [-0.15, -0.1) is 0 Å². The molecular formula is C24H23NO10. The Balaban J connectivity index is 2.54. The van der Waals surface area contributed by atoms with Crippen molar-refractivity contribution in [2.45, 2.75) is 20.8 Å². The first kappa shape index (κ1) is 25.2. The van der Waals surface area contributed by atoms with E-state index in [9.17, 15) is 24.0 Å². The molecule has 184 valence electrons. The first-order valence-electron chi connectivity index (χ1n) is 10.7. The van der Waals surface area contributed by atoms with Crippen LogP contribution in [0.1, 0.15) is 41.5 Å². The maximum Gasteiger partial charge on any atom is 0.513 e. The van der Waals surface area contributed by atoms with E-state index < -0.39 is 29.9 Å². The fourth-order valence-corrected chi connectivity index (χ4v) is 3.61. The number of carbonyl (C=O) groups is 5. The van der Waals surface area contributed by atoms with Crippen LogP contribution in [0.2, 0.25) is 0 Å². The van der Waals surface area contributed by atoms with Crippen molar-refractivity contribution in [2.24, 2.45) is 0 Å². The van der Waals surface area contributed by atoms with Crippen molar-refractivity contribution in [3.8, 4) is 11.5 Å². The zero-order valence-corrected chi connectivity index (χ0v) is 19.5. The normalized spacial score (nSPS) is 12.1. The maximum absolute atomic E-state index is 13.1. The molecule has 0 unspecified atom stereocenters. The van der Waals surface area contributed by atoms with E-state index in [-0.39, 0.29) is 58.9 Å². The van der Waals surface area contributed by atoms with Gasteiger partial charge in [-0.2, -0.15) is 4.90 Å². The van der Waals surface area contributed by atoms with Crippen LogP contribution in [0.25, 0.3) is 10.8 Å². The van der Waals surface area contributed by atoms with Crippen LogP contribution in [0.4, 0.5) is 20.1 Å². The SMILES string of the molecule is CCOC(=O)Oc1c2c(c(N(C(=O)OCC)C(=O)OCC)c3c(OC)cccc13)C(=O)C=CC2=O. The molecule has 2 amide bonds. The minimum atomic E-state index is -1.14. The third kappa shape index (κ3) is 4.65. The number of fused-ring (bicyclic) bond motifs is 2. The zero-order valence-electron chi connectivity index (χ0n) is 19.5. The Hall–Kier alpha value is -4.41. The van der Waals surface area contributed by atoms with Crippen molar-refractivity contribution < 1.29 is 47.7 Å². The summed E-state index contributed by atoms with van der Waals surface area (Å²) in [7, 11) is 1.33. The van der Waals surface area contributed by atoms with Gasteiger partial charge in [-0.3, -0.25) is 9.59 Å². The average Bonchev–Trinajstić information content (AvgIpc) is 2.82. The molecule has 0 atom stereocenters. The van der Waals surface area contributed by atoms with E-state index in [4.69, 9.17) is 23.7 Å². The second-order valence-corrected chi connectivity index (χ2v) is 6.89. The number of nitrogens with zero attached hydrogens (tertiary/aromatic N) is 1. The predicted octanol–water partition coefficient (Wildman–Crippen LogP) is 4.44. The molecule has 0 saturated heterocycles. The van der Waals surface area contributed by atoms with Gasteiger partial charge in [0, 0.05) is 5.39 Å². The van der Waals surface area contributed by atoms with Crippen molar-refractivity contribution >= 4 is 46.4 Å². The third-order valence-corrected chi connectivity index (χ3v) is 4.89. The molecule has 0 heterocycles. The summed E-state index contributed by atoms with van der Waals surface area (Å²) in [5, 5.41) is 0.131. The standard InChI is InChI=1S/C24H23NO10/c1-5-32-22(28)25(23(29)33-6-2)20-17-13(9-8-10-16(17)31-4)21(35-24(30)34-7-3)19-15(27)12-11-14(26)18(19)20/h8-12H,5-7H2,1-4H3. The van der Waals surface area contributed by atoms with Gasteiger partial charge in [0.05, 0.1) is 49.1 Å². The molecule has 1 aliphatic rings. The van der Waals surface area contributed by atoms with Crippen LogP contribution in [-0.2, 0) is 14.2 Å². The number of methoxy groups -OCH3 is 1.